The van der Waals surface area contributed by atoms with Crippen LogP contribution < -0.4 is 10.9 Å². The number of rotatable bonds is 6. The fraction of sp³-hybridized carbons (Fsp3) is 0.0385. The number of hydrogen-bond donors (Lipinski definition) is 1. The molecule has 0 aliphatic carbocycles. The SMILES string of the molecule is O=C(CSc1nc2ccccc2c(=O)n1-c1ccc(Cl)c(Cl)c1)Nc1cc(-c2ccccc2)cs1. The Kier molecular flexibility index (Phi) is 6.92. The normalized spacial score (nSPS) is 11.0. The van der Waals surface area contributed by atoms with Crippen LogP contribution in [-0.4, -0.2) is 21.2 Å². The van der Waals surface area contributed by atoms with E-state index < -0.39 is 0 Å². The molecule has 35 heavy (non-hydrogen) atoms. The lowest BCUT2D eigenvalue weighted by atomic mass is 10.1. The van der Waals surface area contributed by atoms with E-state index in [1.54, 1.807) is 36.4 Å². The standard InChI is InChI=1S/C26H17Cl2N3O2S2/c27-20-11-10-18(13-21(20)28)31-25(33)19-8-4-5-9-22(19)29-26(31)35-15-23(32)30-24-12-17(14-34-24)16-6-2-1-3-7-16/h1-14H,15H2,(H,30,32). The number of fused-ring (bicyclic) bond motifs is 1. The van der Waals surface area contributed by atoms with Crippen molar-refractivity contribution in [2.45, 2.75) is 5.16 Å². The summed E-state index contributed by atoms with van der Waals surface area (Å²) >= 11 is 14.9. The van der Waals surface area contributed by atoms with E-state index in [4.69, 9.17) is 23.2 Å². The monoisotopic (exact) mass is 537 g/mol. The Bertz CT molecular complexity index is 1600. The molecule has 5 rings (SSSR count). The van der Waals surface area contributed by atoms with Gasteiger partial charge < -0.3 is 5.32 Å². The quantitative estimate of drug-likeness (QED) is 0.184. The second kappa shape index (κ2) is 10.3. The summed E-state index contributed by atoms with van der Waals surface area (Å²) in [5.41, 5.74) is 2.97. The van der Waals surface area contributed by atoms with E-state index in [9.17, 15) is 9.59 Å². The van der Waals surface area contributed by atoms with Crippen molar-refractivity contribution in [2.24, 2.45) is 0 Å². The molecule has 0 spiro atoms. The number of nitrogens with one attached hydrogen (secondary N) is 1. The number of halogens is 2. The molecule has 1 N–H and O–H groups in total. The predicted molar refractivity (Wildman–Crippen MR) is 146 cm³/mol. The van der Waals surface area contributed by atoms with Gasteiger partial charge in [-0.3, -0.25) is 14.2 Å². The zero-order valence-electron chi connectivity index (χ0n) is 18.1. The van der Waals surface area contributed by atoms with Crippen LogP contribution in [0.5, 0.6) is 0 Å². The van der Waals surface area contributed by atoms with Crippen LogP contribution in [0.1, 0.15) is 0 Å². The van der Waals surface area contributed by atoms with E-state index in [2.05, 4.69) is 10.3 Å². The van der Waals surface area contributed by atoms with Gasteiger partial charge in [0.25, 0.3) is 5.56 Å². The number of amides is 1. The maximum atomic E-state index is 13.4. The molecule has 0 aliphatic heterocycles. The Morgan fingerprint density at radius 1 is 0.943 bits per heavy atom. The van der Waals surface area contributed by atoms with Crippen molar-refractivity contribution in [2.75, 3.05) is 11.1 Å². The van der Waals surface area contributed by atoms with Crippen LogP contribution >= 0.6 is 46.3 Å². The lowest BCUT2D eigenvalue weighted by Crippen LogP contribution is -2.22. The molecule has 0 saturated heterocycles. The molecular weight excluding hydrogens is 521 g/mol. The van der Waals surface area contributed by atoms with Crippen LogP contribution in [0.2, 0.25) is 10.0 Å². The third-order valence-corrected chi connectivity index (χ3v) is 7.73. The van der Waals surface area contributed by atoms with Gasteiger partial charge in [-0.2, -0.15) is 0 Å². The number of benzene rings is 3. The second-order valence-corrected chi connectivity index (χ2v) is 10.2. The molecule has 0 aliphatic rings. The topological polar surface area (TPSA) is 64.0 Å². The number of carbonyl (C=O) groups is 1. The smallest absolute Gasteiger partial charge is 0.266 e. The third kappa shape index (κ3) is 5.13. The molecule has 1 amide bonds. The van der Waals surface area contributed by atoms with E-state index in [1.165, 1.54) is 27.7 Å². The molecule has 0 fully saturated rings. The Hall–Kier alpha value is -3.10. The summed E-state index contributed by atoms with van der Waals surface area (Å²) in [5.74, 6) is -0.121. The van der Waals surface area contributed by atoms with Crippen molar-refractivity contribution < 1.29 is 4.79 Å². The largest absolute Gasteiger partial charge is 0.317 e. The Morgan fingerprint density at radius 2 is 1.71 bits per heavy atom. The molecular formula is C26H17Cl2N3O2S2. The lowest BCUT2D eigenvalue weighted by Gasteiger charge is -2.13. The third-order valence-electron chi connectivity index (χ3n) is 5.21. The first-order valence-corrected chi connectivity index (χ1v) is 13.2. The van der Waals surface area contributed by atoms with Gasteiger partial charge in [-0.25, -0.2) is 4.98 Å². The summed E-state index contributed by atoms with van der Waals surface area (Å²) < 4.78 is 1.46. The number of para-hydroxylation sites is 1. The van der Waals surface area contributed by atoms with E-state index in [1.807, 2.05) is 47.8 Å². The van der Waals surface area contributed by atoms with Crippen molar-refractivity contribution in [3.05, 3.63) is 105 Å². The number of nitrogens with zero attached hydrogens (tertiary/aromatic N) is 2. The highest BCUT2D eigenvalue weighted by molar-refractivity contribution is 7.99. The second-order valence-electron chi connectivity index (χ2n) is 7.55. The van der Waals surface area contributed by atoms with Crippen LogP contribution in [0.25, 0.3) is 27.7 Å². The van der Waals surface area contributed by atoms with Crippen molar-refractivity contribution >= 4 is 68.1 Å². The Labute approximate surface area is 219 Å². The summed E-state index contributed by atoms with van der Waals surface area (Å²) in [7, 11) is 0. The summed E-state index contributed by atoms with van der Waals surface area (Å²) in [6.07, 6.45) is 0. The van der Waals surface area contributed by atoms with E-state index >= 15 is 0 Å². The molecule has 5 nitrogen and oxygen atoms in total. The molecule has 2 heterocycles. The number of aromatic nitrogens is 2. The van der Waals surface area contributed by atoms with Gasteiger partial charge in [-0.1, -0.05) is 77.4 Å². The summed E-state index contributed by atoms with van der Waals surface area (Å²) in [5, 5.41) is 7.26. The fourth-order valence-corrected chi connectivity index (χ4v) is 5.48. The number of carbonyl (C=O) groups excluding carboxylic acids is 1. The summed E-state index contributed by atoms with van der Waals surface area (Å²) in [6.45, 7) is 0. The molecule has 0 bridgehead atoms. The van der Waals surface area contributed by atoms with Crippen LogP contribution in [0.15, 0.2) is 94.2 Å². The number of thioether (sulfide) groups is 1. The lowest BCUT2D eigenvalue weighted by molar-refractivity contribution is -0.113. The number of hydrogen-bond acceptors (Lipinski definition) is 5. The molecule has 5 aromatic rings. The first kappa shape index (κ1) is 23.6. The Morgan fingerprint density at radius 3 is 2.51 bits per heavy atom. The molecule has 3 aromatic carbocycles. The van der Waals surface area contributed by atoms with Crippen LogP contribution in [0, 0.1) is 0 Å². The molecule has 0 atom stereocenters. The number of anilines is 1. The van der Waals surface area contributed by atoms with Crippen molar-refractivity contribution in [1.82, 2.24) is 9.55 Å². The first-order valence-electron chi connectivity index (χ1n) is 10.5. The summed E-state index contributed by atoms with van der Waals surface area (Å²) in [4.78, 5) is 30.8. The predicted octanol–water partition coefficient (Wildman–Crippen LogP) is 7.15. The van der Waals surface area contributed by atoms with Crippen LogP contribution in [0.3, 0.4) is 0 Å². The zero-order valence-corrected chi connectivity index (χ0v) is 21.2. The molecule has 174 valence electrons. The van der Waals surface area contributed by atoms with E-state index in [-0.39, 0.29) is 17.2 Å². The van der Waals surface area contributed by atoms with Gasteiger partial charge in [-0.15, -0.1) is 11.3 Å². The highest BCUT2D eigenvalue weighted by Crippen LogP contribution is 2.30. The van der Waals surface area contributed by atoms with E-state index in [0.29, 0.717) is 31.8 Å². The first-order chi connectivity index (χ1) is 17.0. The highest BCUT2D eigenvalue weighted by Gasteiger charge is 2.16. The van der Waals surface area contributed by atoms with Crippen LogP contribution in [0.4, 0.5) is 5.00 Å². The minimum atomic E-state index is -0.248. The average molecular weight is 538 g/mol. The van der Waals surface area contributed by atoms with E-state index in [0.717, 1.165) is 16.1 Å². The maximum absolute atomic E-state index is 13.4. The van der Waals surface area contributed by atoms with Gasteiger partial charge in [0.2, 0.25) is 5.91 Å². The molecule has 0 radical (unpaired) electrons. The highest BCUT2D eigenvalue weighted by atomic mass is 35.5. The number of thiophene rings is 1. The minimum Gasteiger partial charge on any atom is -0.317 e. The van der Waals surface area contributed by atoms with Crippen molar-refractivity contribution in [1.29, 1.82) is 0 Å². The van der Waals surface area contributed by atoms with Gasteiger partial charge in [0.1, 0.15) is 0 Å². The molecule has 9 heteroatoms. The summed E-state index contributed by atoms with van der Waals surface area (Å²) in [6, 6.07) is 24.0. The van der Waals surface area contributed by atoms with Crippen molar-refractivity contribution in [3.63, 3.8) is 0 Å². The van der Waals surface area contributed by atoms with Gasteiger partial charge in [0.05, 0.1) is 37.4 Å². The van der Waals surface area contributed by atoms with Crippen molar-refractivity contribution in [3.8, 4) is 16.8 Å². The van der Waals surface area contributed by atoms with Gasteiger partial charge in [-0.05, 0) is 47.5 Å². The minimum absolute atomic E-state index is 0.0741. The molecule has 0 unspecified atom stereocenters. The average Bonchev–Trinajstić information content (AvgIpc) is 3.34. The maximum Gasteiger partial charge on any atom is 0.266 e. The van der Waals surface area contributed by atoms with Gasteiger partial charge >= 0.3 is 0 Å². The van der Waals surface area contributed by atoms with Gasteiger partial charge in [0.15, 0.2) is 5.16 Å². The molecule has 0 saturated carbocycles. The van der Waals surface area contributed by atoms with Crippen LogP contribution in [-0.2, 0) is 4.79 Å². The zero-order chi connectivity index (χ0) is 24.4. The fourth-order valence-electron chi connectivity index (χ4n) is 3.55. The molecule has 2 aromatic heterocycles. The Balaban J connectivity index is 1.41. The van der Waals surface area contributed by atoms with Gasteiger partial charge in [0, 0.05) is 5.38 Å².